The van der Waals surface area contributed by atoms with E-state index in [4.69, 9.17) is 9.84 Å². The molecule has 0 aromatic heterocycles. The molecule has 0 bridgehead atoms. The van der Waals surface area contributed by atoms with Crippen molar-refractivity contribution < 1.29 is 20.1 Å². The zero-order valence-corrected chi connectivity index (χ0v) is 9.18. The van der Waals surface area contributed by atoms with Gasteiger partial charge < -0.3 is 20.1 Å². The molecule has 4 heteroatoms. The van der Waals surface area contributed by atoms with Crippen molar-refractivity contribution in [3.8, 4) is 5.75 Å². The Balaban J connectivity index is 0.000000457. The third-order valence-corrected chi connectivity index (χ3v) is 2.90. The van der Waals surface area contributed by atoms with Crippen molar-refractivity contribution >= 4 is 0 Å². The highest BCUT2D eigenvalue weighted by Crippen LogP contribution is 2.48. The Hall–Kier alpha value is -1.10. The molecule has 1 aliphatic carbocycles. The second-order valence-electron chi connectivity index (χ2n) is 4.10. The van der Waals surface area contributed by atoms with Crippen molar-refractivity contribution in [2.45, 2.75) is 24.5 Å². The molecule has 3 rings (SSSR count). The number of aliphatic hydroxyl groups excluding tert-OH is 1. The topological polar surface area (TPSA) is 69.9 Å². The summed E-state index contributed by atoms with van der Waals surface area (Å²) in [5, 5.41) is 26.5. The van der Waals surface area contributed by atoms with Crippen LogP contribution in [0.4, 0.5) is 0 Å². The number of fused-ring (bicyclic) bond motifs is 1. The summed E-state index contributed by atoms with van der Waals surface area (Å²) >= 11 is 0. The number of benzene rings is 1. The van der Waals surface area contributed by atoms with E-state index in [1.165, 1.54) is 0 Å². The van der Waals surface area contributed by atoms with Crippen molar-refractivity contribution in [1.82, 2.24) is 0 Å². The maximum Gasteiger partial charge on any atom is 0.229 e. The highest BCUT2D eigenvalue weighted by Gasteiger charge is 2.41. The molecule has 0 radical (unpaired) electrons. The van der Waals surface area contributed by atoms with E-state index in [1.54, 1.807) is 6.07 Å². The minimum atomic E-state index is -1.78. The largest absolute Gasteiger partial charge is 0.487 e. The first-order valence-corrected chi connectivity index (χ1v) is 5.34. The van der Waals surface area contributed by atoms with Crippen molar-refractivity contribution in [3.63, 3.8) is 0 Å². The zero-order chi connectivity index (χ0) is 11.8. The van der Waals surface area contributed by atoms with Gasteiger partial charge in [-0.2, -0.15) is 0 Å². The lowest BCUT2D eigenvalue weighted by molar-refractivity contribution is -0.174. The average Bonchev–Trinajstić information content (AvgIpc) is 3.08. The third kappa shape index (κ3) is 1.80. The van der Waals surface area contributed by atoms with Gasteiger partial charge in [-0.3, -0.25) is 0 Å². The minimum absolute atomic E-state index is 0.0495. The maximum absolute atomic E-state index is 9.73. The van der Waals surface area contributed by atoms with Crippen molar-refractivity contribution in [2.24, 2.45) is 0 Å². The van der Waals surface area contributed by atoms with Gasteiger partial charge in [0.2, 0.25) is 5.79 Å². The predicted molar refractivity (Wildman–Crippen MR) is 58.2 cm³/mol. The van der Waals surface area contributed by atoms with Gasteiger partial charge in [0.25, 0.3) is 0 Å². The summed E-state index contributed by atoms with van der Waals surface area (Å²) < 4.78 is 5.23. The predicted octanol–water partition coefficient (Wildman–Crippen LogP) is 0.702. The molecule has 4 nitrogen and oxygen atoms in total. The van der Waals surface area contributed by atoms with Crippen LogP contribution in [0, 0.1) is 0 Å². The van der Waals surface area contributed by atoms with Crippen LogP contribution >= 0.6 is 0 Å². The van der Waals surface area contributed by atoms with Crippen LogP contribution in [0.3, 0.4) is 0 Å². The van der Waals surface area contributed by atoms with E-state index >= 15 is 0 Å². The van der Waals surface area contributed by atoms with Gasteiger partial charge in [-0.25, -0.2) is 0 Å². The fraction of sp³-hybridized carbons (Fsp3) is 0.500. The van der Waals surface area contributed by atoms with E-state index in [-0.39, 0.29) is 6.61 Å². The molecule has 1 saturated carbocycles. The quantitative estimate of drug-likeness (QED) is 0.614. The molecule has 88 valence electrons. The van der Waals surface area contributed by atoms with Gasteiger partial charge in [0.1, 0.15) is 12.4 Å². The first kappa shape index (κ1) is 11.4. The molecular formula is C12H16O4. The first-order valence-electron chi connectivity index (χ1n) is 5.34. The fourth-order valence-electron chi connectivity index (χ4n) is 2.08. The first-order chi connectivity index (χ1) is 7.68. The molecule has 0 unspecified atom stereocenters. The second kappa shape index (κ2) is 4.05. The molecule has 0 amide bonds. The molecule has 2 aliphatic rings. The van der Waals surface area contributed by atoms with Gasteiger partial charge in [-0.05, 0) is 30.4 Å². The van der Waals surface area contributed by atoms with Gasteiger partial charge in [-0.15, -0.1) is 0 Å². The summed E-state index contributed by atoms with van der Waals surface area (Å²) in [5.41, 5.74) is 1.63. The number of hydrogen-bond donors (Lipinski definition) is 3. The van der Waals surface area contributed by atoms with E-state index in [9.17, 15) is 10.2 Å². The molecule has 1 aromatic carbocycles. The normalized spacial score (nSPS) is 20.5. The zero-order valence-electron chi connectivity index (χ0n) is 9.18. The van der Waals surface area contributed by atoms with Gasteiger partial charge in [0.05, 0.1) is 5.56 Å². The molecule has 3 N–H and O–H groups in total. The van der Waals surface area contributed by atoms with Gasteiger partial charge in [-0.1, -0.05) is 12.1 Å². The molecule has 1 fully saturated rings. The van der Waals surface area contributed by atoms with Crippen LogP contribution in [0.2, 0.25) is 0 Å². The Morgan fingerprint density at radius 3 is 2.56 bits per heavy atom. The van der Waals surface area contributed by atoms with Crippen molar-refractivity contribution in [3.05, 3.63) is 29.3 Å². The summed E-state index contributed by atoms with van der Waals surface area (Å²) in [6.07, 6.45) is 2.29. The maximum atomic E-state index is 9.73. The highest BCUT2D eigenvalue weighted by molar-refractivity contribution is 5.48. The molecular weight excluding hydrogens is 208 g/mol. The van der Waals surface area contributed by atoms with E-state index in [0.29, 0.717) is 17.2 Å². The van der Waals surface area contributed by atoms with Crippen LogP contribution in [0.1, 0.15) is 29.9 Å². The number of rotatable bonds is 1. The third-order valence-electron chi connectivity index (χ3n) is 2.90. The smallest absolute Gasteiger partial charge is 0.229 e. The van der Waals surface area contributed by atoms with Crippen molar-refractivity contribution in [1.29, 1.82) is 0 Å². The van der Waals surface area contributed by atoms with E-state index in [2.05, 4.69) is 0 Å². The highest BCUT2D eigenvalue weighted by atomic mass is 16.6. The Labute approximate surface area is 94.1 Å². The van der Waals surface area contributed by atoms with Crippen LogP contribution in [0.5, 0.6) is 5.75 Å². The SMILES string of the molecule is CO.OC1(O)COc2cccc(C3CC3)c21. The Morgan fingerprint density at radius 2 is 1.94 bits per heavy atom. The lowest BCUT2D eigenvalue weighted by atomic mass is 9.97. The van der Waals surface area contributed by atoms with Crippen LogP contribution in [-0.4, -0.2) is 29.0 Å². The van der Waals surface area contributed by atoms with Gasteiger partial charge >= 0.3 is 0 Å². The molecule has 1 aromatic rings. The lowest BCUT2D eigenvalue weighted by Gasteiger charge is -2.16. The number of aliphatic hydroxyl groups is 3. The molecule has 16 heavy (non-hydrogen) atoms. The molecule has 0 atom stereocenters. The Bertz CT molecular complexity index is 383. The monoisotopic (exact) mass is 224 g/mol. The Morgan fingerprint density at radius 1 is 1.25 bits per heavy atom. The van der Waals surface area contributed by atoms with Gasteiger partial charge in [0.15, 0.2) is 0 Å². The van der Waals surface area contributed by atoms with Gasteiger partial charge in [0, 0.05) is 7.11 Å². The number of hydrogen-bond acceptors (Lipinski definition) is 4. The van der Waals surface area contributed by atoms with E-state index in [0.717, 1.165) is 25.5 Å². The molecule has 1 aliphatic heterocycles. The second-order valence-corrected chi connectivity index (χ2v) is 4.10. The molecule has 1 heterocycles. The summed E-state index contributed by atoms with van der Waals surface area (Å²) in [6.45, 7) is -0.0495. The average molecular weight is 224 g/mol. The Kier molecular flexibility index (Phi) is 2.88. The minimum Gasteiger partial charge on any atom is -0.487 e. The summed E-state index contributed by atoms with van der Waals surface area (Å²) in [6, 6.07) is 5.66. The van der Waals surface area contributed by atoms with E-state index < -0.39 is 5.79 Å². The van der Waals surface area contributed by atoms with Crippen LogP contribution in [-0.2, 0) is 5.79 Å². The van der Waals surface area contributed by atoms with Crippen LogP contribution in [0.25, 0.3) is 0 Å². The number of ether oxygens (including phenoxy) is 1. The summed E-state index contributed by atoms with van der Waals surface area (Å²) in [7, 11) is 1.00. The van der Waals surface area contributed by atoms with Crippen molar-refractivity contribution in [2.75, 3.05) is 13.7 Å². The lowest BCUT2D eigenvalue weighted by Crippen LogP contribution is -2.27. The fourth-order valence-corrected chi connectivity index (χ4v) is 2.08. The molecule has 0 spiro atoms. The summed E-state index contributed by atoms with van der Waals surface area (Å²) in [5.74, 6) is -0.654. The van der Waals surface area contributed by atoms with E-state index in [1.807, 2.05) is 12.1 Å². The summed E-state index contributed by atoms with van der Waals surface area (Å²) in [4.78, 5) is 0. The van der Waals surface area contributed by atoms with Crippen LogP contribution in [0.15, 0.2) is 18.2 Å². The van der Waals surface area contributed by atoms with Crippen LogP contribution < -0.4 is 4.74 Å². The molecule has 0 saturated heterocycles. The standard InChI is InChI=1S/C11H12O3.CH4O/c12-11(13)6-14-9-3-1-2-8(10(9)11)7-4-5-7;1-2/h1-3,7,12-13H,4-6H2;2H,1H3.